The summed E-state index contributed by atoms with van der Waals surface area (Å²) in [5.41, 5.74) is 6.24. The number of rotatable bonds is 3. The smallest absolute Gasteiger partial charge is 0.138 e. The van der Waals surface area contributed by atoms with E-state index < -0.39 is 0 Å². The Hall–Kier alpha value is -1.54. The minimum atomic E-state index is -0.386. The maximum atomic E-state index is 12.9. The lowest BCUT2D eigenvalue weighted by atomic mass is 10.2. The molecule has 1 heterocycles. The van der Waals surface area contributed by atoms with Gasteiger partial charge in [0.05, 0.1) is 16.4 Å². The van der Waals surface area contributed by atoms with Crippen LogP contribution in [-0.4, -0.2) is 6.54 Å². The topological polar surface area (TPSA) is 35.2 Å². The molecule has 2 aromatic rings. The lowest BCUT2D eigenvalue weighted by Crippen LogP contribution is -1.97. The van der Waals surface area contributed by atoms with Gasteiger partial charge in [0, 0.05) is 5.56 Å². The van der Waals surface area contributed by atoms with Crippen molar-refractivity contribution in [3.8, 4) is 17.6 Å². The molecule has 0 radical (unpaired) electrons. The van der Waals surface area contributed by atoms with Gasteiger partial charge in [0.2, 0.25) is 0 Å². The molecule has 2 rings (SSSR count). The number of halogens is 2. The summed E-state index contributed by atoms with van der Waals surface area (Å²) < 4.78 is 18.5. The molecular formula is C14H11ClFNOS. The molecule has 98 valence electrons. The summed E-state index contributed by atoms with van der Waals surface area (Å²) in [4.78, 5) is 0.987. The molecular weight excluding hydrogens is 285 g/mol. The van der Waals surface area contributed by atoms with Gasteiger partial charge in [0.25, 0.3) is 0 Å². The van der Waals surface area contributed by atoms with Crippen LogP contribution in [0, 0.1) is 17.7 Å². The Morgan fingerprint density at radius 3 is 2.95 bits per heavy atom. The van der Waals surface area contributed by atoms with Crippen LogP contribution >= 0.6 is 22.9 Å². The Labute approximate surface area is 120 Å². The minimum Gasteiger partial charge on any atom is -0.486 e. The van der Waals surface area contributed by atoms with Gasteiger partial charge in [0.15, 0.2) is 0 Å². The largest absolute Gasteiger partial charge is 0.486 e. The van der Waals surface area contributed by atoms with Crippen molar-refractivity contribution in [1.82, 2.24) is 0 Å². The van der Waals surface area contributed by atoms with Gasteiger partial charge in [-0.05, 0) is 29.6 Å². The average molecular weight is 296 g/mol. The molecule has 5 heteroatoms. The fraction of sp³-hybridized carbons (Fsp3) is 0.143. The molecule has 0 aliphatic heterocycles. The summed E-state index contributed by atoms with van der Waals surface area (Å²) in [6.07, 6.45) is 0. The summed E-state index contributed by atoms with van der Waals surface area (Å²) in [5, 5.41) is 2.19. The van der Waals surface area contributed by atoms with Crippen LogP contribution < -0.4 is 10.5 Å². The standard InChI is InChI=1S/C14H11ClFNOS/c15-12-8-11(16)3-4-13(12)18-9-14-10(2-1-6-17)5-7-19-14/h3-5,7-8H,6,9,17H2. The summed E-state index contributed by atoms with van der Waals surface area (Å²) in [7, 11) is 0. The van der Waals surface area contributed by atoms with Gasteiger partial charge in [0.1, 0.15) is 18.2 Å². The molecule has 2 N–H and O–H groups in total. The highest BCUT2D eigenvalue weighted by Gasteiger charge is 2.06. The first-order valence-corrected chi connectivity index (χ1v) is 6.79. The quantitative estimate of drug-likeness (QED) is 0.881. The summed E-state index contributed by atoms with van der Waals surface area (Å²) in [6.45, 7) is 0.664. The molecule has 0 amide bonds. The third kappa shape index (κ3) is 3.71. The van der Waals surface area contributed by atoms with E-state index in [-0.39, 0.29) is 10.8 Å². The Balaban J connectivity index is 2.08. The number of ether oxygens (including phenoxy) is 1. The van der Waals surface area contributed by atoms with Crippen molar-refractivity contribution in [3.05, 3.63) is 50.9 Å². The molecule has 0 aliphatic rings. The summed E-state index contributed by atoms with van der Waals surface area (Å²) in [6, 6.07) is 5.96. The third-order valence-electron chi connectivity index (χ3n) is 2.32. The second-order valence-corrected chi connectivity index (χ2v) is 5.03. The Morgan fingerprint density at radius 1 is 1.37 bits per heavy atom. The first-order chi connectivity index (χ1) is 9.20. The van der Waals surface area contributed by atoms with Crippen molar-refractivity contribution >= 4 is 22.9 Å². The molecule has 1 aromatic heterocycles. The van der Waals surface area contributed by atoms with E-state index in [2.05, 4.69) is 11.8 Å². The molecule has 0 saturated carbocycles. The number of hydrogen-bond donors (Lipinski definition) is 1. The molecule has 0 atom stereocenters. The maximum absolute atomic E-state index is 12.9. The first kappa shape index (κ1) is 13.9. The SMILES string of the molecule is NCC#Cc1ccsc1COc1ccc(F)cc1Cl. The number of benzene rings is 1. The molecule has 19 heavy (non-hydrogen) atoms. The van der Waals surface area contributed by atoms with Crippen LogP contribution in [0.2, 0.25) is 5.02 Å². The predicted molar refractivity (Wildman–Crippen MR) is 76.0 cm³/mol. The van der Waals surface area contributed by atoms with Crippen LogP contribution in [0.5, 0.6) is 5.75 Å². The molecule has 2 nitrogen and oxygen atoms in total. The van der Waals surface area contributed by atoms with Crippen LogP contribution in [0.1, 0.15) is 10.4 Å². The Morgan fingerprint density at radius 2 is 2.21 bits per heavy atom. The van der Waals surface area contributed by atoms with Gasteiger partial charge in [-0.2, -0.15) is 0 Å². The fourth-order valence-electron chi connectivity index (χ4n) is 1.45. The van der Waals surface area contributed by atoms with Crippen LogP contribution in [0.15, 0.2) is 29.6 Å². The van der Waals surface area contributed by atoms with E-state index in [1.54, 1.807) is 11.3 Å². The van der Waals surface area contributed by atoms with E-state index in [1.165, 1.54) is 18.2 Å². The second kappa shape index (κ2) is 6.58. The first-order valence-electron chi connectivity index (χ1n) is 5.54. The van der Waals surface area contributed by atoms with Gasteiger partial charge in [-0.1, -0.05) is 23.4 Å². The third-order valence-corrected chi connectivity index (χ3v) is 3.51. The van der Waals surface area contributed by atoms with Crippen LogP contribution in [0.25, 0.3) is 0 Å². The molecule has 0 aliphatic carbocycles. The normalized spacial score (nSPS) is 9.84. The fourth-order valence-corrected chi connectivity index (χ4v) is 2.41. The molecule has 1 aromatic carbocycles. The van der Waals surface area contributed by atoms with Gasteiger partial charge >= 0.3 is 0 Å². The van der Waals surface area contributed by atoms with E-state index in [4.69, 9.17) is 22.1 Å². The minimum absolute atomic E-state index is 0.256. The van der Waals surface area contributed by atoms with Crippen molar-refractivity contribution in [2.24, 2.45) is 5.73 Å². The molecule has 0 saturated heterocycles. The van der Waals surface area contributed by atoms with Crippen LogP contribution in [0.4, 0.5) is 4.39 Å². The van der Waals surface area contributed by atoms with Gasteiger partial charge in [-0.3, -0.25) is 0 Å². The van der Waals surface area contributed by atoms with E-state index in [9.17, 15) is 4.39 Å². The number of hydrogen-bond acceptors (Lipinski definition) is 3. The second-order valence-electron chi connectivity index (χ2n) is 3.63. The highest BCUT2D eigenvalue weighted by atomic mass is 35.5. The number of thiophene rings is 1. The average Bonchev–Trinajstić information content (AvgIpc) is 2.83. The van der Waals surface area contributed by atoms with Gasteiger partial charge in [-0.15, -0.1) is 11.3 Å². The van der Waals surface area contributed by atoms with Crippen molar-refractivity contribution in [2.45, 2.75) is 6.61 Å². The van der Waals surface area contributed by atoms with Crippen LogP contribution in [-0.2, 0) is 6.61 Å². The zero-order chi connectivity index (χ0) is 13.7. The molecule has 0 bridgehead atoms. The zero-order valence-electron chi connectivity index (χ0n) is 9.95. The lowest BCUT2D eigenvalue weighted by Gasteiger charge is -2.07. The van der Waals surface area contributed by atoms with Gasteiger partial charge in [-0.25, -0.2) is 4.39 Å². The lowest BCUT2D eigenvalue weighted by molar-refractivity contribution is 0.309. The van der Waals surface area contributed by atoms with E-state index >= 15 is 0 Å². The monoisotopic (exact) mass is 295 g/mol. The highest BCUT2D eigenvalue weighted by Crippen LogP contribution is 2.27. The van der Waals surface area contributed by atoms with Crippen molar-refractivity contribution < 1.29 is 9.13 Å². The molecule has 0 fully saturated rings. The van der Waals surface area contributed by atoms with Crippen molar-refractivity contribution in [2.75, 3.05) is 6.54 Å². The van der Waals surface area contributed by atoms with Crippen molar-refractivity contribution in [1.29, 1.82) is 0 Å². The predicted octanol–water partition coefficient (Wildman–Crippen LogP) is 3.43. The Kier molecular flexibility index (Phi) is 4.80. The van der Waals surface area contributed by atoms with E-state index in [1.807, 2.05) is 11.4 Å². The van der Waals surface area contributed by atoms with Crippen molar-refractivity contribution in [3.63, 3.8) is 0 Å². The number of nitrogens with two attached hydrogens (primary N) is 1. The van der Waals surface area contributed by atoms with E-state index in [0.717, 1.165) is 10.4 Å². The molecule has 0 spiro atoms. The molecule has 0 unspecified atom stereocenters. The van der Waals surface area contributed by atoms with Gasteiger partial charge < -0.3 is 10.5 Å². The maximum Gasteiger partial charge on any atom is 0.138 e. The summed E-state index contributed by atoms with van der Waals surface area (Å²) in [5.74, 6) is 5.84. The Bertz CT molecular complexity index is 630. The highest BCUT2D eigenvalue weighted by molar-refractivity contribution is 7.10. The van der Waals surface area contributed by atoms with Crippen LogP contribution in [0.3, 0.4) is 0 Å². The zero-order valence-corrected chi connectivity index (χ0v) is 11.5. The van der Waals surface area contributed by atoms with E-state index in [0.29, 0.717) is 18.9 Å². The summed E-state index contributed by atoms with van der Waals surface area (Å²) >= 11 is 7.43.